The molecule has 3 aromatic carbocycles. The Morgan fingerprint density at radius 1 is 1.03 bits per heavy atom. The average Bonchev–Trinajstić information content (AvgIpc) is 2.78. The van der Waals surface area contributed by atoms with E-state index in [0.717, 1.165) is 12.0 Å². The van der Waals surface area contributed by atoms with E-state index in [9.17, 15) is 9.59 Å². The molecule has 0 fully saturated rings. The summed E-state index contributed by atoms with van der Waals surface area (Å²) < 4.78 is 6.76. The Morgan fingerprint density at radius 3 is 2.57 bits per heavy atom. The maximum absolute atomic E-state index is 13.4. The van der Waals surface area contributed by atoms with E-state index in [1.165, 1.54) is 4.57 Å². The number of benzene rings is 3. The van der Waals surface area contributed by atoms with Crippen LogP contribution >= 0.6 is 11.6 Å². The van der Waals surface area contributed by atoms with Gasteiger partial charge in [-0.15, -0.1) is 0 Å². The number of aromatic nitrogens is 2. The maximum atomic E-state index is 13.4. The van der Waals surface area contributed by atoms with Crippen molar-refractivity contribution in [3.63, 3.8) is 0 Å². The Labute approximate surface area is 178 Å². The number of carbonyl (C=O) groups is 1. The Bertz CT molecular complexity index is 1280. The molecule has 0 radical (unpaired) electrons. The van der Waals surface area contributed by atoms with E-state index in [4.69, 9.17) is 21.3 Å². The minimum absolute atomic E-state index is 0.218. The van der Waals surface area contributed by atoms with Gasteiger partial charge in [-0.1, -0.05) is 36.7 Å². The largest absolute Gasteiger partial charge is 0.462 e. The number of esters is 1. The second-order valence-electron chi connectivity index (χ2n) is 6.79. The highest BCUT2D eigenvalue weighted by molar-refractivity contribution is 6.30. The number of fused-ring (bicyclic) bond motifs is 1. The van der Waals surface area contributed by atoms with Gasteiger partial charge in [0.15, 0.2) is 0 Å². The van der Waals surface area contributed by atoms with Crippen LogP contribution in [-0.2, 0) is 4.74 Å². The van der Waals surface area contributed by atoms with E-state index >= 15 is 0 Å². The molecule has 0 aliphatic rings. The molecule has 0 atom stereocenters. The highest BCUT2D eigenvalue weighted by Gasteiger charge is 2.16. The van der Waals surface area contributed by atoms with E-state index < -0.39 is 5.97 Å². The normalized spacial score (nSPS) is 10.9. The quantitative estimate of drug-likeness (QED) is 0.414. The van der Waals surface area contributed by atoms with Gasteiger partial charge in [0.1, 0.15) is 5.82 Å². The fourth-order valence-electron chi connectivity index (χ4n) is 3.21. The van der Waals surface area contributed by atoms with Gasteiger partial charge in [0.05, 0.1) is 28.8 Å². The van der Waals surface area contributed by atoms with Crippen LogP contribution in [0.4, 0.5) is 0 Å². The molecular formula is C24H19ClN2O3. The zero-order valence-electron chi connectivity index (χ0n) is 16.3. The van der Waals surface area contributed by atoms with Crippen LogP contribution in [0.3, 0.4) is 0 Å². The Hall–Kier alpha value is -3.44. The molecule has 0 saturated heterocycles. The summed E-state index contributed by atoms with van der Waals surface area (Å²) in [6.45, 7) is 2.28. The lowest BCUT2D eigenvalue weighted by atomic mass is 10.1. The van der Waals surface area contributed by atoms with Crippen molar-refractivity contribution in [1.82, 2.24) is 9.55 Å². The molecule has 0 unspecified atom stereocenters. The predicted octanol–water partition coefficient (Wildman–Crippen LogP) is 5.27. The van der Waals surface area contributed by atoms with Gasteiger partial charge in [0.2, 0.25) is 0 Å². The van der Waals surface area contributed by atoms with Gasteiger partial charge >= 0.3 is 5.97 Å². The van der Waals surface area contributed by atoms with Crippen LogP contribution in [0.15, 0.2) is 77.6 Å². The van der Waals surface area contributed by atoms with Crippen molar-refractivity contribution in [2.75, 3.05) is 6.61 Å². The third-order valence-corrected chi connectivity index (χ3v) is 4.91. The number of halogens is 1. The molecule has 30 heavy (non-hydrogen) atoms. The van der Waals surface area contributed by atoms with Crippen molar-refractivity contribution in [2.24, 2.45) is 0 Å². The SMILES string of the molecule is CCCOC(=O)c1cccc(-n2c(-c3ccc(Cl)cc3)nc3ccccc3c2=O)c1. The van der Waals surface area contributed by atoms with Crippen LogP contribution in [-0.4, -0.2) is 22.1 Å². The van der Waals surface area contributed by atoms with Gasteiger partial charge in [0, 0.05) is 10.6 Å². The molecule has 0 bridgehead atoms. The molecule has 0 saturated carbocycles. The summed E-state index contributed by atoms with van der Waals surface area (Å²) in [4.78, 5) is 30.5. The summed E-state index contributed by atoms with van der Waals surface area (Å²) in [7, 11) is 0. The number of carbonyl (C=O) groups excluding carboxylic acids is 1. The summed E-state index contributed by atoms with van der Waals surface area (Å²) >= 11 is 6.04. The van der Waals surface area contributed by atoms with Crippen LogP contribution in [0.25, 0.3) is 28.0 Å². The summed E-state index contributed by atoms with van der Waals surface area (Å²) in [5.74, 6) is 0.0444. The molecule has 0 amide bonds. The first-order chi connectivity index (χ1) is 14.6. The highest BCUT2D eigenvalue weighted by atomic mass is 35.5. The van der Waals surface area contributed by atoms with Crippen molar-refractivity contribution in [3.8, 4) is 17.1 Å². The Kier molecular flexibility index (Phi) is 5.63. The van der Waals surface area contributed by atoms with Crippen LogP contribution in [0, 0.1) is 0 Å². The van der Waals surface area contributed by atoms with Gasteiger partial charge in [-0.2, -0.15) is 0 Å². The second kappa shape index (κ2) is 8.51. The summed E-state index contributed by atoms with van der Waals surface area (Å²) in [5, 5.41) is 1.09. The first-order valence-corrected chi connectivity index (χ1v) is 10.0. The monoisotopic (exact) mass is 418 g/mol. The van der Waals surface area contributed by atoms with E-state index in [-0.39, 0.29) is 5.56 Å². The molecular weight excluding hydrogens is 400 g/mol. The third kappa shape index (κ3) is 3.84. The van der Waals surface area contributed by atoms with Crippen molar-refractivity contribution in [3.05, 3.63) is 93.7 Å². The molecule has 150 valence electrons. The molecule has 1 heterocycles. The molecule has 0 aliphatic carbocycles. The Morgan fingerprint density at radius 2 is 1.80 bits per heavy atom. The van der Waals surface area contributed by atoms with Crippen LogP contribution < -0.4 is 5.56 Å². The maximum Gasteiger partial charge on any atom is 0.338 e. The predicted molar refractivity (Wildman–Crippen MR) is 118 cm³/mol. The third-order valence-electron chi connectivity index (χ3n) is 4.66. The zero-order valence-corrected chi connectivity index (χ0v) is 17.1. The summed E-state index contributed by atoms with van der Waals surface area (Å²) in [5.41, 5.74) is 2.03. The highest BCUT2D eigenvalue weighted by Crippen LogP contribution is 2.24. The second-order valence-corrected chi connectivity index (χ2v) is 7.22. The van der Waals surface area contributed by atoms with Crippen molar-refractivity contribution < 1.29 is 9.53 Å². The molecule has 5 nitrogen and oxygen atoms in total. The average molecular weight is 419 g/mol. The lowest BCUT2D eigenvalue weighted by Crippen LogP contribution is -2.22. The van der Waals surface area contributed by atoms with Gasteiger partial charge < -0.3 is 4.74 Å². The fourth-order valence-corrected chi connectivity index (χ4v) is 3.34. The molecule has 0 aliphatic heterocycles. The number of hydrogen-bond acceptors (Lipinski definition) is 4. The summed E-state index contributed by atoms with van der Waals surface area (Å²) in [6.07, 6.45) is 0.736. The zero-order chi connectivity index (χ0) is 21.1. The van der Waals surface area contributed by atoms with E-state index in [0.29, 0.717) is 39.6 Å². The lowest BCUT2D eigenvalue weighted by molar-refractivity contribution is 0.0505. The smallest absolute Gasteiger partial charge is 0.338 e. The number of ether oxygens (including phenoxy) is 1. The summed E-state index contributed by atoms with van der Waals surface area (Å²) in [6, 6.07) is 21.1. The number of para-hydroxylation sites is 1. The number of rotatable bonds is 5. The minimum atomic E-state index is -0.423. The lowest BCUT2D eigenvalue weighted by Gasteiger charge is -2.15. The van der Waals surface area contributed by atoms with E-state index in [1.807, 2.05) is 25.1 Å². The van der Waals surface area contributed by atoms with Crippen molar-refractivity contribution in [1.29, 1.82) is 0 Å². The van der Waals surface area contributed by atoms with Crippen LogP contribution in [0.5, 0.6) is 0 Å². The molecule has 1 aromatic heterocycles. The Balaban J connectivity index is 1.95. The molecule has 6 heteroatoms. The first kappa shape index (κ1) is 19.9. The molecule has 4 aromatic rings. The number of nitrogens with zero attached hydrogens (tertiary/aromatic N) is 2. The van der Waals surface area contributed by atoms with Crippen molar-refractivity contribution >= 4 is 28.5 Å². The first-order valence-electron chi connectivity index (χ1n) is 9.64. The van der Waals surface area contributed by atoms with Crippen LogP contribution in [0.2, 0.25) is 5.02 Å². The number of hydrogen-bond donors (Lipinski definition) is 0. The van der Waals surface area contributed by atoms with E-state index in [1.54, 1.807) is 54.6 Å². The fraction of sp³-hybridized carbons (Fsp3) is 0.125. The molecule has 0 N–H and O–H groups in total. The van der Waals surface area contributed by atoms with Gasteiger partial charge in [-0.05, 0) is 61.0 Å². The van der Waals surface area contributed by atoms with E-state index in [2.05, 4.69) is 0 Å². The molecule has 0 spiro atoms. The van der Waals surface area contributed by atoms with Gasteiger partial charge in [0.25, 0.3) is 5.56 Å². The minimum Gasteiger partial charge on any atom is -0.462 e. The van der Waals surface area contributed by atoms with Gasteiger partial charge in [-0.25, -0.2) is 9.78 Å². The topological polar surface area (TPSA) is 61.2 Å². The van der Waals surface area contributed by atoms with Crippen LogP contribution in [0.1, 0.15) is 23.7 Å². The standard InChI is InChI=1S/C24H19ClN2O3/c1-2-14-30-24(29)17-6-5-7-19(15-17)27-22(16-10-12-18(25)13-11-16)26-21-9-4-3-8-20(21)23(27)28/h3-13,15H,2,14H2,1H3. The molecule has 4 rings (SSSR count). The van der Waals surface area contributed by atoms with Gasteiger partial charge in [-0.3, -0.25) is 9.36 Å². The van der Waals surface area contributed by atoms with Crippen molar-refractivity contribution in [2.45, 2.75) is 13.3 Å².